The molecule has 2 aliphatic rings. The molecule has 38 heavy (non-hydrogen) atoms. The molecule has 2 saturated heterocycles. The molecule has 0 aliphatic carbocycles. The molecule has 0 radical (unpaired) electrons. The average molecular weight is 556 g/mol. The van der Waals surface area contributed by atoms with Crippen LogP contribution in [-0.2, 0) is 27.1 Å². The first kappa shape index (κ1) is 25.4. The van der Waals surface area contributed by atoms with Gasteiger partial charge in [0, 0.05) is 25.3 Å². The summed E-state index contributed by atoms with van der Waals surface area (Å²) in [7, 11) is -1.91. The Kier molecular flexibility index (Phi) is 7.12. The molecule has 2 aromatic carbocycles. The minimum absolute atomic E-state index is 0.103. The van der Waals surface area contributed by atoms with Gasteiger partial charge in [0.15, 0.2) is 11.0 Å². The van der Waals surface area contributed by atoms with E-state index >= 15 is 0 Å². The summed E-state index contributed by atoms with van der Waals surface area (Å²) in [6, 6.07) is 12.7. The monoisotopic (exact) mass is 555 g/mol. The number of benzene rings is 2. The highest BCUT2D eigenvalue weighted by molar-refractivity contribution is 7.98. The van der Waals surface area contributed by atoms with Gasteiger partial charge in [-0.25, -0.2) is 13.4 Å². The van der Waals surface area contributed by atoms with Gasteiger partial charge in [0.05, 0.1) is 41.4 Å². The first-order chi connectivity index (χ1) is 18.5. The first-order valence-corrected chi connectivity index (χ1v) is 15.2. The molecule has 12 heteroatoms. The van der Waals surface area contributed by atoms with Crippen LogP contribution in [0.5, 0.6) is 5.75 Å². The Balaban J connectivity index is 1.26. The zero-order chi connectivity index (χ0) is 26.1. The van der Waals surface area contributed by atoms with Gasteiger partial charge in [-0.15, -0.1) is 0 Å². The molecule has 0 amide bonds. The Morgan fingerprint density at radius 3 is 2.63 bits per heavy atom. The van der Waals surface area contributed by atoms with Crippen LogP contribution >= 0.6 is 11.8 Å². The number of sulfonamides is 1. The van der Waals surface area contributed by atoms with Gasteiger partial charge >= 0.3 is 0 Å². The molecule has 1 atom stereocenters. The van der Waals surface area contributed by atoms with Crippen molar-refractivity contribution in [2.75, 3.05) is 26.8 Å². The van der Waals surface area contributed by atoms with Crippen LogP contribution in [0.25, 0.3) is 22.5 Å². The van der Waals surface area contributed by atoms with Crippen LogP contribution < -0.4 is 4.74 Å². The third-order valence-corrected chi connectivity index (χ3v) is 9.80. The van der Waals surface area contributed by atoms with Gasteiger partial charge < -0.3 is 18.6 Å². The average Bonchev–Trinajstić information content (AvgIpc) is 3.75. The van der Waals surface area contributed by atoms with E-state index in [1.54, 1.807) is 23.5 Å². The number of ether oxygens (including phenoxy) is 2. The Morgan fingerprint density at radius 1 is 1.08 bits per heavy atom. The van der Waals surface area contributed by atoms with Gasteiger partial charge in [-0.1, -0.05) is 16.9 Å². The number of hydrogen-bond donors (Lipinski definition) is 0. The van der Waals surface area contributed by atoms with E-state index in [2.05, 4.69) is 14.7 Å². The number of rotatable bonds is 9. The Hall–Kier alpha value is -2.93. The highest BCUT2D eigenvalue weighted by Crippen LogP contribution is 2.31. The minimum Gasteiger partial charge on any atom is -0.497 e. The van der Waals surface area contributed by atoms with Crippen LogP contribution in [0.2, 0.25) is 0 Å². The number of hydrogen-bond acceptors (Lipinski definition) is 9. The van der Waals surface area contributed by atoms with Crippen molar-refractivity contribution in [3.8, 4) is 17.2 Å². The fourth-order valence-electron chi connectivity index (χ4n) is 4.90. The number of imidazole rings is 1. The van der Waals surface area contributed by atoms with Crippen molar-refractivity contribution in [1.29, 1.82) is 0 Å². The predicted molar refractivity (Wildman–Crippen MR) is 143 cm³/mol. The maximum absolute atomic E-state index is 13.1. The maximum atomic E-state index is 13.1. The van der Waals surface area contributed by atoms with Gasteiger partial charge in [-0.2, -0.15) is 9.29 Å². The zero-order valence-electron chi connectivity index (χ0n) is 21.1. The fraction of sp³-hybridized carbons (Fsp3) is 0.423. The summed E-state index contributed by atoms with van der Waals surface area (Å²) in [5, 5.41) is 4.91. The molecule has 6 rings (SSSR count). The van der Waals surface area contributed by atoms with Crippen molar-refractivity contribution in [2.24, 2.45) is 0 Å². The molecule has 2 aromatic heterocycles. The number of aromatic nitrogens is 4. The Labute approximate surface area is 225 Å². The fourth-order valence-corrected chi connectivity index (χ4v) is 7.30. The summed E-state index contributed by atoms with van der Waals surface area (Å²) in [5.74, 6) is 2.19. The first-order valence-electron chi connectivity index (χ1n) is 12.7. The second-order valence-electron chi connectivity index (χ2n) is 9.43. The number of thioether (sulfide) groups is 1. The summed E-state index contributed by atoms with van der Waals surface area (Å²) >= 11 is 1.49. The molecule has 4 aromatic rings. The zero-order valence-corrected chi connectivity index (χ0v) is 22.7. The van der Waals surface area contributed by atoms with Gasteiger partial charge in [-0.3, -0.25) is 0 Å². The quantitative estimate of drug-likeness (QED) is 0.278. The van der Waals surface area contributed by atoms with E-state index in [9.17, 15) is 8.42 Å². The molecular weight excluding hydrogens is 526 g/mol. The maximum Gasteiger partial charge on any atom is 0.257 e. The summed E-state index contributed by atoms with van der Waals surface area (Å²) in [6.07, 6.45) is 3.92. The Bertz CT molecular complexity index is 1520. The van der Waals surface area contributed by atoms with Crippen LogP contribution in [0.15, 0.2) is 57.0 Å². The van der Waals surface area contributed by atoms with Gasteiger partial charge in [0.25, 0.3) is 5.89 Å². The van der Waals surface area contributed by atoms with E-state index in [1.165, 1.54) is 11.8 Å². The molecule has 4 heterocycles. The second kappa shape index (κ2) is 10.7. The number of fused-ring (bicyclic) bond motifs is 1. The van der Waals surface area contributed by atoms with Crippen molar-refractivity contribution in [2.45, 2.75) is 54.1 Å². The highest BCUT2D eigenvalue weighted by atomic mass is 32.2. The largest absolute Gasteiger partial charge is 0.497 e. The lowest BCUT2D eigenvalue weighted by Gasteiger charge is -2.16. The lowest BCUT2D eigenvalue weighted by molar-refractivity contribution is 0.0960. The summed E-state index contributed by atoms with van der Waals surface area (Å²) < 4.78 is 46.6. The molecule has 0 unspecified atom stereocenters. The molecule has 0 saturated carbocycles. The Morgan fingerprint density at radius 2 is 1.89 bits per heavy atom. The third-order valence-electron chi connectivity index (χ3n) is 6.93. The topological polar surface area (TPSA) is 113 Å². The smallest absolute Gasteiger partial charge is 0.257 e. The van der Waals surface area contributed by atoms with Crippen molar-refractivity contribution < 1.29 is 22.4 Å². The summed E-state index contributed by atoms with van der Waals surface area (Å²) in [4.78, 5) is 9.67. The number of nitrogens with zero attached hydrogens (tertiary/aromatic N) is 5. The van der Waals surface area contributed by atoms with Crippen molar-refractivity contribution in [1.82, 2.24) is 24.0 Å². The van der Waals surface area contributed by atoms with E-state index < -0.39 is 10.0 Å². The van der Waals surface area contributed by atoms with Gasteiger partial charge in [0.1, 0.15) is 5.75 Å². The standard InChI is InChI=1S/C26H29N5O5S2/c1-34-19-8-6-18(7-9-19)25-28-24(29-36-25)17-37-26-27-22-15-21(38(32,33)30-12-2-3-13-30)10-11-23(22)31(26)16-20-5-4-14-35-20/h6-11,15,20H,2-5,12-14,16-17H2,1H3/t20-/m1/s1. The molecule has 0 N–H and O–H groups in total. The van der Waals surface area contributed by atoms with E-state index in [4.69, 9.17) is 19.0 Å². The van der Waals surface area contributed by atoms with Crippen LogP contribution in [-0.4, -0.2) is 65.3 Å². The molecule has 200 valence electrons. The SMILES string of the molecule is COc1ccc(-c2nc(CSc3nc4cc(S(=O)(=O)N5CCCC5)ccc4n3C[C@H]3CCCO3)no2)cc1. The van der Waals surface area contributed by atoms with E-state index in [-0.39, 0.29) is 11.0 Å². The van der Waals surface area contributed by atoms with E-state index in [0.29, 0.717) is 42.6 Å². The lowest BCUT2D eigenvalue weighted by atomic mass is 10.2. The van der Waals surface area contributed by atoms with E-state index in [0.717, 1.165) is 54.3 Å². The summed E-state index contributed by atoms with van der Waals surface area (Å²) in [5.41, 5.74) is 2.35. The van der Waals surface area contributed by atoms with Gasteiger partial charge in [-0.05, 0) is 68.1 Å². The van der Waals surface area contributed by atoms with Crippen molar-refractivity contribution >= 4 is 32.8 Å². The molecule has 0 bridgehead atoms. The van der Waals surface area contributed by atoms with E-state index in [1.807, 2.05) is 30.3 Å². The highest BCUT2D eigenvalue weighted by Gasteiger charge is 2.28. The molecule has 2 fully saturated rings. The summed E-state index contributed by atoms with van der Waals surface area (Å²) in [6.45, 7) is 2.55. The second-order valence-corrected chi connectivity index (χ2v) is 12.3. The lowest BCUT2D eigenvalue weighted by Crippen LogP contribution is -2.27. The molecule has 0 spiro atoms. The van der Waals surface area contributed by atoms with Crippen molar-refractivity contribution in [3.63, 3.8) is 0 Å². The number of methoxy groups -OCH3 is 1. The molecule has 2 aliphatic heterocycles. The predicted octanol–water partition coefficient (Wildman–Crippen LogP) is 4.35. The molecule has 10 nitrogen and oxygen atoms in total. The van der Waals surface area contributed by atoms with Crippen molar-refractivity contribution in [3.05, 3.63) is 48.3 Å². The van der Waals surface area contributed by atoms with Crippen LogP contribution in [0.4, 0.5) is 0 Å². The minimum atomic E-state index is -3.53. The normalized spacial score (nSPS) is 18.5. The third kappa shape index (κ3) is 5.05. The van der Waals surface area contributed by atoms with Crippen LogP contribution in [0, 0.1) is 0 Å². The van der Waals surface area contributed by atoms with Crippen LogP contribution in [0.3, 0.4) is 0 Å². The van der Waals surface area contributed by atoms with Gasteiger partial charge in [0.2, 0.25) is 10.0 Å². The molecular formula is C26H29N5O5S2. The van der Waals surface area contributed by atoms with Crippen LogP contribution in [0.1, 0.15) is 31.5 Å².